The maximum atomic E-state index is 8.42. The zero-order valence-corrected chi connectivity index (χ0v) is 8.14. The molecule has 13 heavy (non-hydrogen) atoms. The van der Waals surface area contributed by atoms with E-state index in [1.54, 1.807) is 0 Å². The molecule has 0 aliphatic carbocycles. The third-order valence-electron chi connectivity index (χ3n) is 1.29. The molecule has 0 aliphatic heterocycles. The number of rotatable bonds is 3. The molecule has 0 amide bonds. The summed E-state index contributed by atoms with van der Waals surface area (Å²) in [6, 6.07) is 0. The van der Waals surface area contributed by atoms with Crippen molar-refractivity contribution in [2.75, 3.05) is 6.61 Å². The van der Waals surface area contributed by atoms with Crippen LogP contribution in [0.4, 0.5) is 0 Å². The second-order valence-electron chi connectivity index (χ2n) is 2.44. The number of aliphatic hydroxyl groups excluding tert-OH is 1. The van der Waals surface area contributed by atoms with Gasteiger partial charge in [-0.2, -0.15) is 0 Å². The lowest BCUT2D eigenvalue weighted by Crippen LogP contribution is -1.75. The van der Waals surface area contributed by atoms with Crippen molar-refractivity contribution in [3.05, 3.63) is 12.2 Å². The first kappa shape index (κ1) is 11.8. The Balaban J connectivity index is 3.41. The molecule has 70 valence electrons. The van der Waals surface area contributed by atoms with Crippen molar-refractivity contribution in [3.63, 3.8) is 0 Å². The van der Waals surface area contributed by atoms with Crippen LogP contribution in [0.15, 0.2) is 12.2 Å². The van der Waals surface area contributed by atoms with Gasteiger partial charge in [-0.1, -0.05) is 42.8 Å². The van der Waals surface area contributed by atoms with E-state index in [1.165, 1.54) is 0 Å². The van der Waals surface area contributed by atoms with E-state index in [1.807, 2.05) is 0 Å². The lowest BCUT2D eigenvalue weighted by Gasteiger charge is -1.77. The first-order valence-electron chi connectivity index (χ1n) is 4.59. The normalized spacial score (nSPS) is 8.77. The molecule has 0 heterocycles. The SMILES string of the molecule is CC/C=C/CC#CCC#CCCO. The van der Waals surface area contributed by atoms with E-state index in [0.29, 0.717) is 12.8 Å². The minimum Gasteiger partial charge on any atom is -0.395 e. The molecule has 0 aromatic heterocycles. The molecular formula is C12H16O. The quantitative estimate of drug-likeness (QED) is 0.516. The van der Waals surface area contributed by atoms with Crippen molar-refractivity contribution in [1.82, 2.24) is 0 Å². The van der Waals surface area contributed by atoms with Crippen molar-refractivity contribution < 1.29 is 5.11 Å². The van der Waals surface area contributed by atoms with E-state index < -0.39 is 0 Å². The molecule has 1 nitrogen and oxygen atoms in total. The Morgan fingerprint density at radius 3 is 2.54 bits per heavy atom. The van der Waals surface area contributed by atoms with Crippen molar-refractivity contribution in [2.24, 2.45) is 0 Å². The maximum absolute atomic E-state index is 8.42. The summed E-state index contributed by atoms with van der Waals surface area (Å²) in [7, 11) is 0. The predicted octanol–water partition coefficient (Wildman–Crippen LogP) is 2.12. The summed E-state index contributed by atoms with van der Waals surface area (Å²) in [5, 5.41) is 8.42. The highest BCUT2D eigenvalue weighted by atomic mass is 16.2. The van der Waals surface area contributed by atoms with Gasteiger partial charge in [0.05, 0.1) is 13.0 Å². The van der Waals surface area contributed by atoms with E-state index in [9.17, 15) is 0 Å². The number of aliphatic hydroxyl groups is 1. The number of allylic oxidation sites excluding steroid dienone is 2. The molecular weight excluding hydrogens is 160 g/mol. The van der Waals surface area contributed by atoms with Crippen LogP contribution in [-0.2, 0) is 0 Å². The Morgan fingerprint density at radius 2 is 1.85 bits per heavy atom. The molecule has 0 fully saturated rings. The van der Waals surface area contributed by atoms with Crippen LogP contribution in [0.2, 0.25) is 0 Å². The molecule has 0 rings (SSSR count). The van der Waals surface area contributed by atoms with E-state index in [0.717, 1.165) is 12.8 Å². The van der Waals surface area contributed by atoms with Crippen molar-refractivity contribution in [1.29, 1.82) is 0 Å². The molecule has 0 spiro atoms. The largest absolute Gasteiger partial charge is 0.395 e. The van der Waals surface area contributed by atoms with Crippen LogP contribution in [0.5, 0.6) is 0 Å². The average molecular weight is 176 g/mol. The first-order chi connectivity index (χ1) is 6.41. The van der Waals surface area contributed by atoms with E-state index >= 15 is 0 Å². The Hall–Kier alpha value is -1.18. The van der Waals surface area contributed by atoms with Crippen LogP contribution in [0.1, 0.15) is 32.6 Å². The lowest BCUT2D eigenvalue weighted by molar-refractivity contribution is 0.305. The highest BCUT2D eigenvalue weighted by Gasteiger charge is 1.71. The minimum absolute atomic E-state index is 0.139. The zero-order chi connectivity index (χ0) is 9.78. The third kappa shape index (κ3) is 10.8. The Morgan fingerprint density at radius 1 is 1.08 bits per heavy atom. The highest BCUT2D eigenvalue weighted by Crippen LogP contribution is 1.84. The molecule has 0 saturated carbocycles. The van der Waals surface area contributed by atoms with Crippen molar-refractivity contribution >= 4 is 0 Å². The van der Waals surface area contributed by atoms with Crippen LogP contribution < -0.4 is 0 Å². The molecule has 1 heteroatoms. The number of hydrogen-bond acceptors (Lipinski definition) is 1. The molecule has 0 aromatic rings. The second-order valence-corrected chi connectivity index (χ2v) is 2.44. The molecule has 0 aromatic carbocycles. The molecule has 0 bridgehead atoms. The van der Waals surface area contributed by atoms with E-state index in [-0.39, 0.29) is 6.61 Å². The standard InChI is InChI=1S/C12H16O/c1-2-3-4-5-6-7-8-9-10-11-12-13/h3-4,13H,2,5,8,11-12H2,1H3/b4-3+. The van der Waals surface area contributed by atoms with Gasteiger partial charge in [-0.05, 0) is 6.42 Å². The highest BCUT2D eigenvalue weighted by molar-refractivity contribution is 5.13. The zero-order valence-electron chi connectivity index (χ0n) is 8.14. The van der Waals surface area contributed by atoms with Gasteiger partial charge < -0.3 is 5.11 Å². The fourth-order valence-corrected chi connectivity index (χ4v) is 0.695. The molecule has 1 N–H and O–H groups in total. The first-order valence-corrected chi connectivity index (χ1v) is 4.59. The summed E-state index contributed by atoms with van der Waals surface area (Å²) in [6.45, 7) is 2.24. The third-order valence-corrected chi connectivity index (χ3v) is 1.29. The van der Waals surface area contributed by atoms with Gasteiger partial charge in [0.1, 0.15) is 0 Å². The number of hydrogen-bond donors (Lipinski definition) is 1. The van der Waals surface area contributed by atoms with Crippen LogP contribution in [0.25, 0.3) is 0 Å². The van der Waals surface area contributed by atoms with Crippen molar-refractivity contribution in [2.45, 2.75) is 32.6 Å². The van der Waals surface area contributed by atoms with Crippen LogP contribution in [-0.4, -0.2) is 11.7 Å². The van der Waals surface area contributed by atoms with Crippen LogP contribution in [0.3, 0.4) is 0 Å². The lowest BCUT2D eigenvalue weighted by atomic mass is 10.3. The summed E-state index contributed by atoms with van der Waals surface area (Å²) >= 11 is 0. The van der Waals surface area contributed by atoms with Crippen molar-refractivity contribution in [3.8, 4) is 23.7 Å². The summed E-state index contributed by atoms with van der Waals surface area (Å²) in [4.78, 5) is 0. The topological polar surface area (TPSA) is 20.2 Å². The van der Waals surface area contributed by atoms with Gasteiger partial charge in [-0.3, -0.25) is 0 Å². The second kappa shape index (κ2) is 10.8. The molecule has 0 atom stereocenters. The van der Waals surface area contributed by atoms with Gasteiger partial charge in [-0.25, -0.2) is 0 Å². The summed E-state index contributed by atoms with van der Waals surface area (Å²) in [5.74, 6) is 11.6. The van der Waals surface area contributed by atoms with Crippen LogP contribution >= 0.6 is 0 Å². The molecule has 0 saturated heterocycles. The monoisotopic (exact) mass is 176 g/mol. The van der Waals surface area contributed by atoms with Gasteiger partial charge in [-0.15, -0.1) is 0 Å². The van der Waals surface area contributed by atoms with Gasteiger partial charge in [0, 0.05) is 12.8 Å². The minimum atomic E-state index is 0.139. The average Bonchev–Trinajstić information content (AvgIpc) is 2.16. The van der Waals surface area contributed by atoms with Gasteiger partial charge in [0.25, 0.3) is 0 Å². The van der Waals surface area contributed by atoms with Crippen LogP contribution in [0, 0.1) is 23.7 Å². The smallest absolute Gasteiger partial charge is 0.0702 e. The Kier molecular flexibility index (Phi) is 9.84. The summed E-state index contributed by atoms with van der Waals surface area (Å²) in [5.41, 5.74) is 0. The maximum Gasteiger partial charge on any atom is 0.0702 e. The summed E-state index contributed by atoms with van der Waals surface area (Å²) < 4.78 is 0. The Labute approximate surface area is 80.9 Å². The van der Waals surface area contributed by atoms with E-state index in [2.05, 4.69) is 42.8 Å². The molecule has 0 radical (unpaired) electrons. The fourth-order valence-electron chi connectivity index (χ4n) is 0.695. The van der Waals surface area contributed by atoms with Gasteiger partial charge in [0.2, 0.25) is 0 Å². The fraction of sp³-hybridized carbons (Fsp3) is 0.500. The summed E-state index contributed by atoms with van der Waals surface area (Å²) in [6.07, 6.45) is 7.21. The predicted molar refractivity (Wildman–Crippen MR) is 55.9 cm³/mol. The van der Waals surface area contributed by atoms with Gasteiger partial charge in [0.15, 0.2) is 0 Å². The van der Waals surface area contributed by atoms with Gasteiger partial charge >= 0.3 is 0 Å². The van der Waals surface area contributed by atoms with E-state index in [4.69, 9.17) is 5.11 Å². The molecule has 0 unspecified atom stereocenters. The Bertz CT molecular complexity index is 242. The molecule has 0 aliphatic rings.